The number of sulfone groups is 1. The van der Waals surface area contributed by atoms with E-state index in [1.807, 2.05) is 32.1 Å². The summed E-state index contributed by atoms with van der Waals surface area (Å²) in [4.78, 5) is 0. The highest BCUT2D eigenvalue weighted by Crippen LogP contribution is 2.40. The number of hydrogen-bond donors (Lipinski definition) is 2. The Morgan fingerprint density at radius 1 is 1.33 bits per heavy atom. The molecule has 2 N–H and O–H groups in total. The number of fused-ring (bicyclic) bond motifs is 1. The van der Waals surface area contributed by atoms with E-state index in [0.717, 1.165) is 41.5 Å². The minimum Gasteiger partial charge on any atom is -0.508 e. The molecule has 5 nitrogen and oxygen atoms in total. The number of phenolic OH excluding ortho intramolecular Hbond substituents is 1. The van der Waals surface area contributed by atoms with Crippen LogP contribution >= 0.6 is 0 Å². The lowest BCUT2D eigenvalue weighted by Gasteiger charge is -2.32. The molecule has 27 heavy (non-hydrogen) atoms. The van der Waals surface area contributed by atoms with E-state index in [1.54, 1.807) is 12.1 Å². The summed E-state index contributed by atoms with van der Waals surface area (Å²) in [6.45, 7) is 4.07. The zero-order valence-electron chi connectivity index (χ0n) is 15.9. The Kier molecular flexibility index (Phi) is 6.13. The number of aromatic hydroxyl groups is 1. The Balaban J connectivity index is 1.76. The van der Waals surface area contributed by atoms with Crippen LogP contribution in [0.4, 0.5) is 0 Å². The van der Waals surface area contributed by atoms with Crippen molar-refractivity contribution in [2.45, 2.75) is 57.2 Å². The summed E-state index contributed by atoms with van der Waals surface area (Å²) in [6, 6.07) is 6.99. The molecule has 7 heteroatoms. The molecule has 0 spiro atoms. The van der Waals surface area contributed by atoms with E-state index in [0.29, 0.717) is 6.42 Å². The van der Waals surface area contributed by atoms with Crippen molar-refractivity contribution in [1.82, 2.24) is 0 Å². The van der Waals surface area contributed by atoms with Crippen LogP contribution in [0.25, 0.3) is 6.08 Å². The summed E-state index contributed by atoms with van der Waals surface area (Å²) >= 11 is 0. The first-order valence-electron chi connectivity index (χ1n) is 9.53. The first-order valence-corrected chi connectivity index (χ1v) is 11.2. The molecule has 2 aliphatic heterocycles. The molecule has 2 aliphatic rings. The van der Waals surface area contributed by atoms with Crippen LogP contribution in [0.5, 0.6) is 5.75 Å². The zero-order valence-corrected chi connectivity index (χ0v) is 16.7. The molecule has 0 amide bonds. The van der Waals surface area contributed by atoms with Crippen LogP contribution in [-0.2, 0) is 14.5 Å². The summed E-state index contributed by atoms with van der Waals surface area (Å²) < 4.78 is 30.8. The van der Waals surface area contributed by atoms with Crippen molar-refractivity contribution in [2.24, 2.45) is 0 Å². The van der Waals surface area contributed by atoms with Gasteiger partial charge in [-0.1, -0.05) is 42.7 Å². The average Bonchev–Trinajstić information content (AvgIpc) is 2.85. The molecule has 2 heterocycles. The van der Waals surface area contributed by atoms with Crippen molar-refractivity contribution in [2.75, 3.05) is 5.75 Å². The Bertz CT molecular complexity index is 842. The quantitative estimate of drug-likeness (QED) is 0.575. The van der Waals surface area contributed by atoms with Gasteiger partial charge in [0.1, 0.15) is 5.75 Å². The Morgan fingerprint density at radius 3 is 2.70 bits per heavy atom. The summed E-state index contributed by atoms with van der Waals surface area (Å²) in [5, 5.41) is 18.8. The van der Waals surface area contributed by atoms with Crippen molar-refractivity contribution in [3.63, 3.8) is 0 Å². The molecule has 1 aromatic carbocycles. The monoisotopic (exact) mass is 390 g/mol. The minimum atomic E-state index is -3.23. The predicted molar refractivity (Wildman–Crippen MR) is 108 cm³/mol. The van der Waals surface area contributed by atoms with Crippen LogP contribution in [0.3, 0.4) is 0 Å². The Labute approximate surface area is 161 Å². The molecule has 146 valence electrons. The van der Waals surface area contributed by atoms with Gasteiger partial charge in [0.25, 0.3) is 0 Å². The highest BCUT2D eigenvalue weighted by atomic mass is 32.2. The largest absolute Gasteiger partial charge is 0.508 e. The molecule has 3 rings (SSSR count). The van der Waals surface area contributed by atoms with Gasteiger partial charge in [-0.15, -0.1) is 0 Å². The third-order valence-electron chi connectivity index (χ3n) is 5.31. The van der Waals surface area contributed by atoms with Gasteiger partial charge in [0.2, 0.25) is 0 Å². The van der Waals surface area contributed by atoms with Gasteiger partial charge in [0, 0.05) is 6.32 Å². The third-order valence-corrected chi connectivity index (χ3v) is 7.37. The number of phenols is 1. The van der Waals surface area contributed by atoms with Gasteiger partial charge in [-0.2, -0.15) is 0 Å². The molecule has 1 aromatic rings. The lowest BCUT2D eigenvalue weighted by molar-refractivity contribution is 0.169. The second-order valence-electron chi connectivity index (χ2n) is 7.54. The van der Waals surface area contributed by atoms with Crippen LogP contribution in [0.2, 0.25) is 6.32 Å². The van der Waals surface area contributed by atoms with Crippen LogP contribution in [-0.4, -0.2) is 42.8 Å². The highest BCUT2D eigenvalue weighted by molar-refractivity contribution is 7.92. The summed E-state index contributed by atoms with van der Waals surface area (Å²) in [7, 11) is -4.25. The second-order valence-corrected chi connectivity index (χ2v) is 9.72. The summed E-state index contributed by atoms with van der Waals surface area (Å²) in [6.07, 6.45) is 4.90. The lowest BCUT2D eigenvalue weighted by Crippen LogP contribution is -2.41. The fraction of sp³-hybridized carbons (Fsp3) is 0.500. The van der Waals surface area contributed by atoms with E-state index in [1.165, 1.54) is 0 Å². The molecule has 1 fully saturated rings. The zero-order chi connectivity index (χ0) is 19.6. The molecule has 0 saturated carbocycles. The molecular weight excluding hydrogens is 363 g/mol. The van der Waals surface area contributed by atoms with Gasteiger partial charge in [-0.05, 0) is 49.5 Å². The number of hydrogen-bond acceptors (Lipinski definition) is 5. The van der Waals surface area contributed by atoms with Gasteiger partial charge in [-0.3, -0.25) is 0 Å². The standard InChI is InChI=1S/C20H27BO5S/c1-3-4-16-13-27(24,25)19-12-21(23)26-18(20(16)19)10-5-14(2)11-15-6-8-17(22)9-7-15/h6-9,11,18-19,22-23H,3-5,10,12-13H2,1-2H3/b14-11+/t18-,19+/m1/s1. The topological polar surface area (TPSA) is 83.8 Å². The van der Waals surface area contributed by atoms with Crippen LogP contribution in [0.15, 0.2) is 41.0 Å². The van der Waals surface area contributed by atoms with Crippen molar-refractivity contribution in [3.05, 3.63) is 46.5 Å². The molecule has 0 aliphatic carbocycles. The minimum absolute atomic E-state index is 0.107. The number of benzene rings is 1. The maximum atomic E-state index is 12.5. The second kappa shape index (κ2) is 8.21. The fourth-order valence-electron chi connectivity index (χ4n) is 4.09. The molecule has 2 atom stereocenters. The highest BCUT2D eigenvalue weighted by Gasteiger charge is 2.48. The van der Waals surface area contributed by atoms with Crippen molar-refractivity contribution >= 4 is 23.0 Å². The molecule has 0 aromatic heterocycles. The fourth-order valence-corrected chi connectivity index (χ4v) is 6.25. The first kappa shape index (κ1) is 20.2. The van der Waals surface area contributed by atoms with E-state index in [4.69, 9.17) is 4.65 Å². The van der Waals surface area contributed by atoms with Gasteiger partial charge >= 0.3 is 7.12 Å². The van der Waals surface area contributed by atoms with Crippen LogP contribution < -0.4 is 0 Å². The number of rotatable bonds is 6. The maximum Gasteiger partial charge on any atom is 0.456 e. The van der Waals surface area contributed by atoms with Crippen LogP contribution in [0.1, 0.15) is 45.1 Å². The van der Waals surface area contributed by atoms with E-state index >= 15 is 0 Å². The van der Waals surface area contributed by atoms with E-state index in [-0.39, 0.29) is 23.9 Å². The molecule has 0 bridgehead atoms. The third kappa shape index (κ3) is 4.65. The van der Waals surface area contributed by atoms with Gasteiger partial charge < -0.3 is 14.8 Å². The van der Waals surface area contributed by atoms with Gasteiger partial charge in [-0.25, -0.2) is 8.42 Å². The SMILES string of the molecule is CCCC1=C2[C@@H](CC/C(C)=C/c3ccc(O)cc3)OB(O)C[C@@H]2S(=O)(=O)C1. The van der Waals surface area contributed by atoms with Gasteiger partial charge in [0.05, 0.1) is 17.1 Å². The lowest BCUT2D eigenvalue weighted by atomic mass is 9.74. The normalized spacial score (nSPS) is 25.0. The number of allylic oxidation sites excluding steroid dienone is 1. The van der Waals surface area contributed by atoms with Crippen LogP contribution in [0, 0.1) is 0 Å². The van der Waals surface area contributed by atoms with E-state index in [9.17, 15) is 18.5 Å². The average molecular weight is 390 g/mol. The smallest absolute Gasteiger partial charge is 0.456 e. The van der Waals surface area contributed by atoms with Crippen molar-refractivity contribution < 1.29 is 23.2 Å². The Morgan fingerprint density at radius 2 is 2.04 bits per heavy atom. The first-order chi connectivity index (χ1) is 12.8. The van der Waals surface area contributed by atoms with Crippen molar-refractivity contribution in [3.8, 4) is 5.75 Å². The molecule has 0 radical (unpaired) electrons. The molecule has 0 unspecified atom stereocenters. The summed E-state index contributed by atoms with van der Waals surface area (Å²) in [5.74, 6) is 0.341. The summed E-state index contributed by atoms with van der Waals surface area (Å²) in [5.41, 5.74) is 4.03. The van der Waals surface area contributed by atoms with Crippen molar-refractivity contribution in [1.29, 1.82) is 0 Å². The van der Waals surface area contributed by atoms with E-state index in [2.05, 4.69) is 0 Å². The van der Waals surface area contributed by atoms with E-state index < -0.39 is 22.2 Å². The van der Waals surface area contributed by atoms with Gasteiger partial charge in [0.15, 0.2) is 9.84 Å². The Hall–Kier alpha value is -1.57. The molecule has 1 saturated heterocycles. The molecular formula is C20H27BO5S. The predicted octanol–water partition coefficient (Wildman–Crippen LogP) is 3.35. The maximum absolute atomic E-state index is 12.5.